The number of nitrogens with two attached hydrogens (primary N) is 1. The topological polar surface area (TPSA) is 50.4 Å². The van der Waals surface area contributed by atoms with E-state index in [1.807, 2.05) is 24.3 Å². The van der Waals surface area contributed by atoms with Gasteiger partial charge in [0, 0.05) is 17.0 Å². The van der Waals surface area contributed by atoms with Gasteiger partial charge in [0.05, 0.1) is 6.54 Å². The SMILES string of the molecule is CC(C)CNC(N)=NCC(C)(C)c1ccc(Cl)cc1.I. The molecule has 0 saturated carbocycles. The zero-order valence-electron chi connectivity index (χ0n) is 12.6. The van der Waals surface area contributed by atoms with Crippen molar-refractivity contribution in [3.8, 4) is 0 Å². The van der Waals surface area contributed by atoms with Crippen molar-refractivity contribution in [3.63, 3.8) is 0 Å². The number of hydrogen-bond acceptors (Lipinski definition) is 1. The molecular weight excluding hydrogens is 385 g/mol. The summed E-state index contributed by atoms with van der Waals surface area (Å²) in [7, 11) is 0. The van der Waals surface area contributed by atoms with Crippen molar-refractivity contribution >= 4 is 41.5 Å². The van der Waals surface area contributed by atoms with Gasteiger partial charge in [0.2, 0.25) is 0 Å². The van der Waals surface area contributed by atoms with Gasteiger partial charge >= 0.3 is 0 Å². The predicted octanol–water partition coefficient (Wildman–Crippen LogP) is 3.80. The zero-order chi connectivity index (χ0) is 14.5. The van der Waals surface area contributed by atoms with E-state index in [2.05, 4.69) is 38.0 Å². The van der Waals surface area contributed by atoms with Crippen molar-refractivity contribution in [2.24, 2.45) is 16.6 Å². The van der Waals surface area contributed by atoms with Crippen LogP contribution in [0.3, 0.4) is 0 Å². The summed E-state index contributed by atoms with van der Waals surface area (Å²) in [5.41, 5.74) is 6.99. The molecule has 0 radical (unpaired) electrons. The second-order valence-electron chi connectivity index (χ2n) is 5.87. The summed E-state index contributed by atoms with van der Waals surface area (Å²) in [6.07, 6.45) is 0. The smallest absolute Gasteiger partial charge is 0.188 e. The molecule has 1 rings (SSSR count). The second kappa shape index (κ2) is 8.72. The van der Waals surface area contributed by atoms with Gasteiger partial charge in [-0.05, 0) is 23.6 Å². The van der Waals surface area contributed by atoms with Crippen LogP contribution >= 0.6 is 35.6 Å². The summed E-state index contributed by atoms with van der Waals surface area (Å²) >= 11 is 5.90. The Kier molecular flexibility index (Phi) is 8.51. The molecule has 3 N–H and O–H groups in total. The van der Waals surface area contributed by atoms with Crippen molar-refractivity contribution in [1.82, 2.24) is 5.32 Å². The third-order valence-corrected chi connectivity index (χ3v) is 3.21. The number of guanidine groups is 1. The van der Waals surface area contributed by atoms with Gasteiger partial charge in [0.25, 0.3) is 0 Å². The fourth-order valence-corrected chi connectivity index (χ4v) is 1.77. The van der Waals surface area contributed by atoms with Crippen molar-refractivity contribution < 1.29 is 0 Å². The molecule has 0 bridgehead atoms. The van der Waals surface area contributed by atoms with Crippen LogP contribution in [0, 0.1) is 5.92 Å². The highest BCUT2D eigenvalue weighted by atomic mass is 127. The van der Waals surface area contributed by atoms with Gasteiger partial charge in [0.15, 0.2) is 5.96 Å². The van der Waals surface area contributed by atoms with Crippen molar-refractivity contribution in [3.05, 3.63) is 34.9 Å². The third kappa shape index (κ3) is 6.79. The molecule has 0 aromatic heterocycles. The fraction of sp³-hybridized carbons (Fsp3) is 0.533. The molecule has 20 heavy (non-hydrogen) atoms. The summed E-state index contributed by atoms with van der Waals surface area (Å²) < 4.78 is 0. The molecule has 1 aromatic rings. The van der Waals surface area contributed by atoms with Gasteiger partial charge in [0.1, 0.15) is 0 Å². The van der Waals surface area contributed by atoms with Crippen molar-refractivity contribution in [2.45, 2.75) is 33.1 Å². The molecule has 0 aliphatic carbocycles. The molecular formula is C15H25ClIN3. The first-order valence-electron chi connectivity index (χ1n) is 6.61. The van der Waals surface area contributed by atoms with E-state index in [0.29, 0.717) is 18.4 Å². The van der Waals surface area contributed by atoms with Crippen molar-refractivity contribution in [1.29, 1.82) is 0 Å². The molecule has 0 fully saturated rings. The maximum absolute atomic E-state index is 5.90. The van der Waals surface area contributed by atoms with E-state index in [1.165, 1.54) is 5.56 Å². The van der Waals surface area contributed by atoms with Gasteiger partial charge in [-0.25, -0.2) is 0 Å². The van der Waals surface area contributed by atoms with Gasteiger partial charge in [-0.2, -0.15) is 0 Å². The molecule has 0 heterocycles. The standard InChI is InChI=1S/C15H24ClN3.HI/c1-11(2)9-18-14(17)19-10-15(3,4)12-5-7-13(16)8-6-12;/h5-8,11H,9-10H2,1-4H3,(H3,17,18,19);1H. The Hall–Kier alpha value is -0.490. The number of halogens is 2. The summed E-state index contributed by atoms with van der Waals surface area (Å²) in [5, 5.41) is 3.87. The summed E-state index contributed by atoms with van der Waals surface area (Å²) in [4.78, 5) is 4.42. The van der Waals surface area contributed by atoms with Gasteiger partial charge < -0.3 is 11.1 Å². The Balaban J connectivity index is 0.00000361. The van der Waals surface area contributed by atoms with Gasteiger partial charge in [-0.3, -0.25) is 4.99 Å². The first kappa shape index (κ1) is 19.5. The normalized spacial score (nSPS) is 12.2. The van der Waals surface area contributed by atoms with E-state index in [4.69, 9.17) is 17.3 Å². The maximum atomic E-state index is 5.90. The average molecular weight is 410 g/mol. The highest BCUT2D eigenvalue weighted by Gasteiger charge is 2.20. The number of hydrogen-bond donors (Lipinski definition) is 2. The Bertz CT molecular complexity index is 427. The monoisotopic (exact) mass is 409 g/mol. The minimum absolute atomic E-state index is 0. The van der Waals surface area contributed by atoms with Crippen LogP contribution in [0.4, 0.5) is 0 Å². The molecule has 0 aliphatic rings. The van der Waals surface area contributed by atoms with Crippen LogP contribution in [0.2, 0.25) is 5.02 Å². The van der Waals surface area contributed by atoms with E-state index in [-0.39, 0.29) is 29.4 Å². The Morgan fingerprint density at radius 3 is 2.35 bits per heavy atom. The van der Waals surface area contributed by atoms with Crippen LogP contribution in [-0.2, 0) is 5.41 Å². The lowest BCUT2D eigenvalue weighted by molar-refractivity contribution is 0.537. The summed E-state index contributed by atoms with van der Waals surface area (Å²) in [5.74, 6) is 1.06. The molecule has 3 nitrogen and oxygen atoms in total. The van der Waals surface area contributed by atoms with Crippen LogP contribution in [0.1, 0.15) is 33.3 Å². The quantitative estimate of drug-likeness (QED) is 0.441. The lowest BCUT2D eigenvalue weighted by Gasteiger charge is -2.23. The molecule has 0 atom stereocenters. The minimum atomic E-state index is -0.0608. The Morgan fingerprint density at radius 1 is 1.30 bits per heavy atom. The largest absolute Gasteiger partial charge is 0.370 e. The van der Waals surface area contributed by atoms with E-state index >= 15 is 0 Å². The first-order chi connectivity index (χ1) is 8.81. The number of nitrogens with one attached hydrogen (secondary N) is 1. The summed E-state index contributed by atoms with van der Waals surface area (Å²) in [6.45, 7) is 10.1. The van der Waals surface area contributed by atoms with E-state index in [0.717, 1.165) is 11.6 Å². The molecule has 1 aromatic carbocycles. The summed E-state index contributed by atoms with van der Waals surface area (Å²) in [6, 6.07) is 7.89. The highest BCUT2D eigenvalue weighted by Crippen LogP contribution is 2.24. The number of benzene rings is 1. The lowest BCUT2D eigenvalue weighted by Crippen LogP contribution is -2.35. The Morgan fingerprint density at radius 2 is 1.85 bits per heavy atom. The number of rotatable bonds is 5. The van der Waals surface area contributed by atoms with E-state index < -0.39 is 0 Å². The van der Waals surface area contributed by atoms with Crippen molar-refractivity contribution in [2.75, 3.05) is 13.1 Å². The van der Waals surface area contributed by atoms with Crippen LogP contribution in [0.25, 0.3) is 0 Å². The van der Waals surface area contributed by atoms with Gasteiger partial charge in [-0.1, -0.05) is 51.4 Å². The molecule has 0 amide bonds. The fourth-order valence-electron chi connectivity index (χ4n) is 1.64. The third-order valence-electron chi connectivity index (χ3n) is 2.96. The Labute approximate surface area is 144 Å². The number of aliphatic imine (C=N–C) groups is 1. The molecule has 114 valence electrons. The van der Waals surface area contributed by atoms with Crippen LogP contribution in [-0.4, -0.2) is 19.0 Å². The molecule has 0 aliphatic heterocycles. The molecule has 0 unspecified atom stereocenters. The maximum Gasteiger partial charge on any atom is 0.188 e. The first-order valence-corrected chi connectivity index (χ1v) is 6.99. The average Bonchev–Trinajstić information content (AvgIpc) is 2.34. The molecule has 0 saturated heterocycles. The van der Waals surface area contributed by atoms with Crippen LogP contribution < -0.4 is 11.1 Å². The molecule has 0 spiro atoms. The minimum Gasteiger partial charge on any atom is -0.370 e. The van der Waals surface area contributed by atoms with Crippen LogP contribution in [0.15, 0.2) is 29.3 Å². The second-order valence-corrected chi connectivity index (χ2v) is 6.30. The molecule has 5 heteroatoms. The van der Waals surface area contributed by atoms with E-state index in [9.17, 15) is 0 Å². The predicted molar refractivity (Wildman–Crippen MR) is 99.2 cm³/mol. The van der Waals surface area contributed by atoms with Crippen LogP contribution in [0.5, 0.6) is 0 Å². The zero-order valence-corrected chi connectivity index (χ0v) is 15.7. The van der Waals surface area contributed by atoms with E-state index in [1.54, 1.807) is 0 Å². The van der Waals surface area contributed by atoms with Gasteiger partial charge in [-0.15, -0.1) is 24.0 Å². The lowest BCUT2D eigenvalue weighted by atomic mass is 9.85. The highest BCUT2D eigenvalue weighted by molar-refractivity contribution is 14.0. The number of nitrogens with zero attached hydrogens (tertiary/aromatic N) is 1.